The molecule has 0 radical (unpaired) electrons. The first kappa shape index (κ1) is 27.0. The lowest BCUT2D eigenvalue weighted by molar-refractivity contribution is 0.0901. The SMILES string of the molecule is Cn1ccc(-c2cc(-c3cnc(N4C[C@@H]5C[C@@](C)(NC(=O)c6c(F)cccc6Cl)C[C@@H]5C4)cn3)c3c(C#N)cnn3c2)n1. The van der Waals surface area contributed by atoms with Crippen LogP contribution in [0.3, 0.4) is 0 Å². The number of pyridine rings is 1. The van der Waals surface area contributed by atoms with Crippen LogP contribution in [0.15, 0.2) is 61.3 Å². The molecule has 5 aromatic rings. The van der Waals surface area contributed by atoms with Gasteiger partial charge in [0.2, 0.25) is 0 Å². The molecule has 1 N–H and O–H groups in total. The number of nitrogens with one attached hydrogen (secondary N) is 1. The molecule has 12 heteroatoms. The van der Waals surface area contributed by atoms with E-state index in [0.717, 1.165) is 48.6 Å². The minimum atomic E-state index is -0.624. The molecular weight excluding hydrogens is 569 g/mol. The fourth-order valence-electron chi connectivity index (χ4n) is 6.71. The van der Waals surface area contributed by atoms with E-state index in [4.69, 9.17) is 21.6 Å². The lowest BCUT2D eigenvalue weighted by Gasteiger charge is -2.29. The van der Waals surface area contributed by atoms with Crippen molar-refractivity contribution in [3.8, 4) is 28.6 Å². The van der Waals surface area contributed by atoms with Crippen LogP contribution in [0.25, 0.3) is 28.0 Å². The second-order valence-corrected chi connectivity index (χ2v) is 12.1. The second-order valence-electron chi connectivity index (χ2n) is 11.7. The van der Waals surface area contributed by atoms with Gasteiger partial charge in [-0.1, -0.05) is 17.7 Å². The van der Waals surface area contributed by atoms with Crippen molar-refractivity contribution >= 4 is 28.8 Å². The highest BCUT2D eigenvalue weighted by Gasteiger charge is 2.48. The summed E-state index contributed by atoms with van der Waals surface area (Å²) in [6.45, 7) is 3.58. The van der Waals surface area contributed by atoms with E-state index in [1.807, 2.05) is 38.5 Å². The number of carbonyl (C=O) groups is 1. The van der Waals surface area contributed by atoms with Crippen LogP contribution in [-0.2, 0) is 7.05 Å². The van der Waals surface area contributed by atoms with Gasteiger partial charge in [-0.05, 0) is 55.9 Å². The zero-order valence-corrected chi connectivity index (χ0v) is 24.3. The normalized spacial score (nSPS) is 21.2. The van der Waals surface area contributed by atoms with E-state index >= 15 is 0 Å². The smallest absolute Gasteiger partial charge is 0.256 e. The molecule has 3 atom stereocenters. The van der Waals surface area contributed by atoms with Crippen LogP contribution in [0.1, 0.15) is 35.7 Å². The molecule has 10 nitrogen and oxygen atoms in total. The standard InChI is InChI=1S/C31H27ClFN9O/c1-31(38-30(43)28-23(32)4-3-5-24(28)33)9-19-15-41(16-20(19)10-31)27-14-35-26(13-36-27)22-8-18(25-6-7-40(2)39-25)17-42-29(22)21(11-34)12-37-42/h3-8,12-14,17,19-20H,9-10,15-16H2,1-2H3,(H,38,43)/t19-,20+,31+. The van der Waals surface area contributed by atoms with Gasteiger partial charge in [0.1, 0.15) is 17.7 Å². The molecule has 1 saturated heterocycles. The van der Waals surface area contributed by atoms with Crippen LogP contribution in [0.2, 0.25) is 5.02 Å². The molecule has 7 rings (SSSR count). The van der Waals surface area contributed by atoms with Gasteiger partial charge in [0.25, 0.3) is 5.91 Å². The number of nitrogens with zero attached hydrogens (tertiary/aromatic N) is 8. The third-order valence-electron chi connectivity index (χ3n) is 8.59. The zero-order chi connectivity index (χ0) is 29.9. The van der Waals surface area contributed by atoms with Crippen LogP contribution in [-0.4, -0.2) is 53.9 Å². The third kappa shape index (κ3) is 4.77. The number of aryl methyl sites for hydroxylation is 1. The lowest BCUT2D eigenvalue weighted by Crippen LogP contribution is -2.45. The van der Waals surface area contributed by atoms with Gasteiger partial charge in [-0.2, -0.15) is 15.5 Å². The van der Waals surface area contributed by atoms with E-state index in [-0.39, 0.29) is 10.6 Å². The second kappa shape index (κ2) is 10.2. The number of hydrogen-bond donors (Lipinski definition) is 1. The maximum absolute atomic E-state index is 14.3. The molecule has 1 amide bonds. The molecule has 2 fully saturated rings. The van der Waals surface area contributed by atoms with Crippen molar-refractivity contribution in [1.29, 1.82) is 5.26 Å². The van der Waals surface area contributed by atoms with Gasteiger partial charge < -0.3 is 10.2 Å². The van der Waals surface area contributed by atoms with E-state index in [0.29, 0.717) is 28.6 Å². The van der Waals surface area contributed by atoms with E-state index in [9.17, 15) is 14.4 Å². The zero-order valence-electron chi connectivity index (χ0n) is 23.5. The number of rotatable bonds is 5. The van der Waals surface area contributed by atoms with Gasteiger partial charge in [-0.3, -0.25) is 14.5 Å². The molecule has 4 aromatic heterocycles. The molecule has 43 heavy (non-hydrogen) atoms. The van der Waals surface area contributed by atoms with Crippen molar-refractivity contribution in [2.24, 2.45) is 18.9 Å². The van der Waals surface area contributed by atoms with Crippen LogP contribution < -0.4 is 10.2 Å². The average molecular weight is 596 g/mol. The Balaban J connectivity index is 1.09. The van der Waals surface area contributed by atoms with E-state index < -0.39 is 17.3 Å². The summed E-state index contributed by atoms with van der Waals surface area (Å²) in [5, 5.41) is 21.8. The van der Waals surface area contributed by atoms with E-state index in [2.05, 4.69) is 26.5 Å². The van der Waals surface area contributed by atoms with E-state index in [1.54, 1.807) is 27.8 Å². The van der Waals surface area contributed by atoms with Crippen molar-refractivity contribution in [2.45, 2.75) is 25.3 Å². The van der Waals surface area contributed by atoms with Gasteiger partial charge in [-0.25, -0.2) is 13.9 Å². The molecule has 1 aliphatic carbocycles. The van der Waals surface area contributed by atoms with Gasteiger partial charge >= 0.3 is 0 Å². The van der Waals surface area contributed by atoms with Crippen molar-refractivity contribution < 1.29 is 9.18 Å². The number of amides is 1. The predicted octanol–water partition coefficient (Wildman–Crippen LogP) is 4.89. The molecular formula is C31H27ClFN9O. The topological polar surface area (TPSA) is 117 Å². The maximum Gasteiger partial charge on any atom is 0.256 e. The first-order valence-electron chi connectivity index (χ1n) is 14.0. The summed E-state index contributed by atoms with van der Waals surface area (Å²) in [5.74, 6) is 0.363. The highest BCUT2D eigenvalue weighted by atomic mass is 35.5. The molecule has 5 heterocycles. The quantitative estimate of drug-likeness (QED) is 0.307. The van der Waals surface area contributed by atoms with Crippen molar-refractivity contribution in [3.63, 3.8) is 0 Å². The van der Waals surface area contributed by atoms with Crippen LogP contribution in [0, 0.1) is 29.0 Å². The number of halogens is 2. The Morgan fingerprint density at radius 2 is 1.93 bits per heavy atom. The summed E-state index contributed by atoms with van der Waals surface area (Å²) in [4.78, 5) is 24.7. The number of aromatic nitrogens is 6. The summed E-state index contributed by atoms with van der Waals surface area (Å²) in [5.41, 5.74) is 3.56. The average Bonchev–Trinajstić information content (AvgIpc) is 3.75. The first-order valence-corrected chi connectivity index (χ1v) is 14.3. The Kier molecular flexibility index (Phi) is 6.39. The molecule has 1 saturated carbocycles. The monoisotopic (exact) mass is 595 g/mol. The maximum atomic E-state index is 14.3. The number of nitriles is 1. The van der Waals surface area contributed by atoms with Gasteiger partial charge in [0.05, 0.1) is 51.6 Å². The summed E-state index contributed by atoms with van der Waals surface area (Å²) in [6, 6.07) is 10.4. The molecule has 1 aliphatic heterocycles. The Bertz CT molecular complexity index is 1890. The molecule has 0 spiro atoms. The van der Waals surface area contributed by atoms with Gasteiger partial charge in [-0.15, -0.1) is 0 Å². The van der Waals surface area contributed by atoms with Crippen molar-refractivity contribution in [2.75, 3.05) is 18.0 Å². The van der Waals surface area contributed by atoms with Gasteiger partial charge in [0.15, 0.2) is 0 Å². The van der Waals surface area contributed by atoms with Crippen LogP contribution in [0.4, 0.5) is 10.2 Å². The van der Waals surface area contributed by atoms with Crippen LogP contribution in [0.5, 0.6) is 0 Å². The highest BCUT2D eigenvalue weighted by Crippen LogP contribution is 2.45. The minimum absolute atomic E-state index is 0.105. The number of anilines is 1. The Hall–Kier alpha value is -4.82. The number of fused-ring (bicyclic) bond motifs is 2. The van der Waals surface area contributed by atoms with Crippen molar-refractivity contribution in [3.05, 3.63) is 83.3 Å². The molecule has 1 aromatic carbocycles. The molecule has 2 aliphatic rings. The van der Waals surface area contributed by atoms with Crippen molar-refractivity contribution in [1.82, 2.24) is 34.7 Å². The summed E-state index contributed by atoms with van der Waals surface area (Å²) in [7, 11) is 1.86. The summed E-state index contributed by atoms with van der Waals surface area (Å²) < 4.78 is 17.7. The Morgan fingerprint density at radius 1 is 1.14 bits per heavy atom. The largest absolute Gasteiger partial charge is 0.355 e. The van der Waals surface area contributed by atoms with Crippen LogP contribution >= 0.6 is 11.6 Å². The fraction of sp³-hybridized carbons (Fsp3) is 0.290. The molecule has 0 unspecified atom stereocenters. The lowest BCUT2D eigenvalue weighted by atomic mass is 9.97. The van der Waals surface area contributed by atoms with E-state index in [1.165, 1.54) is 18.2 Å². The molecule has 216 valence electrons. The summed E-state index contributed by atoms with van der Waals surface area (Å²) >= 11 is 6.12. The Labute approximate surface area is 251 Å². The summed E-state index contributed by atoms with van der Waals surface area (Å²) in [6.07, 6.45) is 10.3. The molecule has 0 bridgehead atoms. The third-order valence-corrected chi connectivity index (χ3v) is 8.90. The Morgan fingerprint density at radius 3 is 2.58 bits per heavy atom. The number of benzene rings is 1. The number of hydrogen-bond acceptors (Lipinski definition) is 7. The minimum Gasteiger partial charge on any atom is -0.355 e. The highest BCUT2D eigenvalue weighted by molar-refractivity contribution is 6.33. The van der Waals surface area contributed by atoms with Gasteiger partial charge in [0, 0.05) is 49.2 Å². The number of carbonyl (C=O) groups excluding carboxylic acids is 1. The first-order chi connectivity index (χ1) is 20.7. The fourth-order valence-corrected chi connectivity index (χ4v) is 6.96. The predicted molar refractivity (Wildman–Crippen MR) is 159 cm³/mol.